The molecule has 130 valence electrons. The van der Waals surface area contributed by atoms with E-state index in [-0.39, 0.29) is 17.2 Å². The lowest BCUT2D eigenvalue weighted by Gasteiger charge is -2.30. The fraction of sp³-hybridized carbons (Fsp3) is 0.333. The molecule has 2 atom stereocenters. The molecular weight excluding hydrogens is 328 g/mol. The molecule has 0 heterocycles. The molecule has 0 aliphatic carbocycles. The number of thioether (sulfide) groups is 1. The predicted molar refractivity (Wildman–Crippen MR) is 104 cm³/mol. The van der Waals surface area contributed by atoms with Gasteiger partial charge in [0, 0.05) is 12.3 Å². The lowest BCUT2D eigenvalue weighted by Crippen LogP contribution is -2.38. The Balaban J connectivity index is 2.01. The molecule has 0 radical (unpaired) electrons. The van der Waals surface area contributed by atoms with Crippen molar-refractivity contribution in [1.82, 2.24) is 4.90 Å². The summed E-state index contributed by atoms with van der Waals surface area (Å²) in [4.78, 5) is 14.8. The molecule has 25 heavy (non-hydrogen) atoms. The Hall–Kier alpha value is -2.25. The van der Waals surface area contributed by atoms with Crippen LogP contribution in [0.25, 0.3) is 0 Å². The number of rotatable bonds is 7. The van der Waals surface area contributed by atoms with Crippen molar-refractivity contribution < 1.29 is 4.79 Å². The summed E-state index contributed by atoms with van der Waals surface area (Å²) in [6, 6.07) is 19.8. The van der Waals surface area contributed by atoms with E-state index in [2.05, 4.69) is 18.2 Å². The van der Waals surface area contributed by atoms with Gasteiger partial charge in [-0.15, -0.1) is 11.8 Å². The lowest BCUT2D eigenvalue weighted by molar-refractivity contribution is -0.132. The van der Waals surface area contributed by atoms with Gasteiger partial charge in [-0.1, -0.05) is 42.5 Å². The largest absolute Gasteiger partial charge is 0.335 e. The highest BCUT2D eigenvalue weighted by Crippen LogP contribution is 2.25. The lowest BCUT2D eigenvalue weighted by atomic mass is 10.0. The normalized spacial score (nSPS) is 12.9. The molecule has 4 heteroatoms. The van der Waals surface area contributed by atoms with Gasteiger partial charge >= 0.3 is 0 Å². The molecule has 3 nitrogen and oxygen atoms in total. The van der Waals surface area contributed by atoms with Crippen LogP contribution in [0.5, 0.6) is 0 Å². The SMILES string of the molecule is CCN(C(=O)C(C)SCc1ccccc1)C(C)c1ccc(C#N)cc1. The fourth-order valence-electron chi connectivity index (χ4n) is 2.74. The summed E-state index contributed by atoms with van der Waals surface area (Å²) in [5, 5.41) is 8.82. The second kappa shape index (κ2) is 9.29. The fourth-order valence-corrected chi connectivity index (χ4v) is 3.65. The minimum absolute atomic E-state index is 0.00924. The highest BCUT2D eigenvalue weighted by atomic mass is 32.2. The molecule has 1 amide bonds. The van der Waals surface area contributed by atoms with Gasteiger partial charge in [0.25, 0.3) is 0 Å². The Bertz CT molecular complexity index is 722. The maximum atomic E-state index is 12.9. The number of amides is 1. The van der Waals surface area contributed by atoms with Crippen molar-refractivity contribution in [3.8, 4) is 6.07 Å². The minimum atomic E-state index is -0.0963. The first-order chi connectivity index (χ1) is 12.1. The number of hydrogen-bond acceptors (Lipinski definition) is 3. The van der Waals surface area contributed by atoms with E-state index >= 15 is 0 Å². The monoisotopic (exact) mass is 352 g/mol. The molecule has 2 aromatic rings. The smallest absolute Gasteiger partial charge is 0.235 e. The number of hydrogen-bond donors (Lipinski definition) is 0. The Morgan fingerprint density at radius 2 is 1.76 bits per heavy atom. The minimum Gasteiger partial charge on any atom is -0.335 e. The average Bonchev–Trinajstić information content (AvgIpc) is 2.67. The molecule has 0 saturated heterocycles. The zero-order chi connectivity index (χ0) is 18.2. The van der Waals surface area contributed by atoms with Gasteiger partial charge in [-0.05, 0) is 44.0 Å². The Morgan fingerprint density at radius 3 is 2.32 bits per heavy atom. The van der Waals surface area contributed by atoms with E-state index in [1.54, 1.807) is 23.9 Å². The van der Waals surface area contributed by atoms with Crippen LogP contribution >= 0.6 is 11.8 Å². The van der Waals surface area contributed by atoms with Gasteiger partial charge in [0.05, 0.1) is 22.9 Å². The van der Waals surface area contributed by atoms with Crippen molar-refractivity contribution in [2.75, 3.05) is 6.54 Å². The highest BCUT2D eigenvalue weighted by molar-refractivity contribution is 7.99. The van der Waals surface area contributed by atoms with Crippen LogP contribution in [-0.2, 0) is 10.5 Å². The molecule has 2 unspecified atom stereocenters. The van der Waals surface area contributed by atoms with E-state index in [0.29, 0.717) is 12.1 Å². The highest BCUT2D eigenvalue weighted by Gasteiger charge is 2.24. The number of carbonyl (C=O) groups excluding carboxylic acids is 1. The van der Waals surface area contributed by atoms with Gasteiger partial charge < -0.3 is 4.90 Å². The van der Waals surface area contributed by atoms with Gasteiger partial charge in [-0.3, -0.25) is 4.79 Å². The van der Waals surface area contributed by atoms with E-state index in [9.17, 15) is 4.79 Å². The summed E-state index contributed by atoms with van der Waals surface area (Å²) < 4.78 is 0. The van der Waals surface area contributed by atoms with Crippen molar-refractivity contribution in [1.29, 1.82) is 5.26 Å². The quantitative estimate of drug-likeness (QED) is 0.719. The third kappa shape index (κ3) is 5.11. The summed E-state index contributed by atoms with van der Waals surface area (Å²) in [5.74, 6) is 0.983. The molecule has 2 rings (SSSR count). The van der Waals surface area contributed by atoms with Crippen LogP contribution in [0.3, 0.4) is 0 Å². The second-order valence-electron chi connectivity index (χ2n) is 5.97. The zero-order valence-electron chi connectivity index (χ0n) is 15.0. The standard InChI is InChI=1S/C21H24N2OS/c1-4-23(16(2)20-12-10-18(14-22)11-13-20)21(24)17(3)25-15-19-8-6-5-7-9-19/h5-13,16-17H,4,15H2,1-3H3. The average molecular weight is 353 g/mol. The van der Waals surface area contributed by atoms with Crippen molar-refractivity contribution in [3.05, 3.63) is 71.3 Å². The number of nitrogens with zero attached hydrogens (tertiary/aromatic N) is 2. The molecule has 0 N–H and O–H groups in total. The van der Waals surface area contributed by atoms with Crippen LogP contribution in [0.1, 0.15) is 43.5 Å². The van der Waals surface area contributed by atoms with Crippen LogP contribution in [0, 0.1) is 11.3 Å². The van der Waals surface area contributed by atoms with E-state index < -0.39 is 0 Å². The van der Waals surface area contributed by atoms with Crippen molar-refractivity contribution in [3.63, 3.8) is 0 Å². The molecule has 2 aromatic carbocycles. The maximum absolute atomic E-state index is 12.9. The third-order valence-electron chi connectivity index (χ3n) is 4.30. The summed E-state index contributed by atoms with van der Waals surface area (Å²) in [7, 11) is 0. The van der Waals surface area contributed by atoms with Gasteiger partial charge in [0.15, 0.2) is 0 Å². The summed E-state index contributed by atoms with van der Waals surface area (Å²) in [6.45, 7) is 6.68. The maximum Gasteiger partial charge on any atom is 0.235 e. The first-order valence-electron chi connectivity index (χ1n) is 8.52. The first-order valence-corrected chi connectivity index (χ1v) is 9.57. The van der Waals surface area contributed by atoms with Crippen molar-refractivity contribution in [2.45, 2.75) is 37.8 Å². The first kappa shape index (κ1) is 19.1. The van der Waals surface area contributed by atoms with Gasteiger partial charge in [-0.25, -0.2) is 0 Å². The van der Waals surface area contributed by atoms with Gasteiger partial charge in [0.2, 0.25) is 5.91 Å². The molecule has 0 spiro atoms. The molecule has 0 aromatic heterocycles. The van der Waals surface area contributed by atoms with Crippen molar-refractivity contribution in [2.24, 2.45) is 0 Å². The van der Waals surface area contributed by atoms with Crippen LogP contribution in [-0.4, -0.2) is 22.6 Å². The number of carbonyl (C=O) groups is 1. The molecular formula is C21H24N2OS. The van der Waals surface area contributed by atoms with Crippen LogP contribution < -0.4 is 0 Å². The Morgan fingerprint density at radius 1 is 1.12 bits per heavy atom. The second-order valence-corrected chi connectivity index (χ2v) is 7.30. The topological polar surface area (TPSA) is 44.1 Å². The summed E-state index contributed by atoms with van der Waals surface area (Å²) >= 11 is 1.67. The van der Waals surface area contributed by atoms with Crippen molar-refractivity contribution >= 4 is 17.7 Å². The molecule has 0 bridgehead atoms. The predicted octanol–water partition coefficient (Wildman–Crippen LogP) is 4.79. The van der Waals surface area contributed by atoms with E-state index in [0.717, 1.165) is 11.3 Å². The molecule has 0 fully saturated rings. The summed E-state index contributed by atoms with van der Waals surface area (Å²) in [5.41, 5.74) is 2.92. The van der Waals surface area contributed by atoms with Crippen LogP contribution in [0.4, 0.5) is 0 Å². The molecule has 0 aliphatic heterocycles. The zero-order valence-corrected chi connectivity index (χ0v) is 15.8. The number of nitriles is 1. The number of benzene rings is 2. The van der Waals surface area contributed by atoms with Gasteiger partial charge in [0.1, 0.15) is 0 Å². The third-order valence-corrected chi connectivity index (χ3v) is 5.51. The van der Waals surface area contributed by atoms with E-state index in [4.69, 9.17) is 5.26 Å². The van der Waals surface area contributed by atoms with Crippen LogP contribution in [0.2, 0.25) is 0 Å². The van der Waals surface area contributed by atoms with E-state index in [1.165, 1.54) is 5.56 Å². The Labute approximate surface area is 154 Å². The van der Waals surface area contributed by atoms with E-state index in [1.807, 2.05) is 56.0 Å². The molecule has 0 saturated carbocycles. The van der Waals surface area contributed by atoms with Crippen LogP contribution in [0.15, 0.2) is 54.6 Å². The molecule has 0 aliphatic rings. The Kier molecular flexibility index (Phi) is 7.09. The summed E-state index contributed by atoms with van der Waals surface area (Å²) in [6.07, 6.45) is 0. The van der Waals surface area contributed by atoms with Gasteiger partial charge in [-0.2, -0.15) is 5.26 Å².